The molecule has 0 aliphatic carbocycles. The Kier molecular flexibility index (Phi) is 5.03. The highest BCUT2D eigenvalue weighted by Crippen LogP contribution is 2.27. The molecule has 5 nitrogen and oxygen atoms in total. The average molecular weight is 392 g/mol. The van der Waals surface area contributed by atoms with Crippen LogP contribution in [0.25, 0.3) is 16.9 Å². The number of amides is 1. The molecule has 0 saturated carbocycles. The highest BCUT2D eigenvalue weighted by atomic mass is 19.3. The van der Waals surface area contributed by atoms with E-state index in [1.165, 1.54) is 17.2 Å². The number of rotatable bonds is 5. The second-order valence-electron chi connectivity index (χ2n) is 6.67. The molecule has 0 aliphatic rings. The molecule has 2 heterocycles. The van der Waals surface area contributed by atoms with Crippen molar-refractivity contribution >= 4 is 11.6 Å². The molecule has 4 rings (SSSR count). The number of alkyl halides is 2. The number of aromatic nitrogens is 3. The van der Waals surface area contributed by atoms with Crippen molar-refractivity contribution in [3.63, 3.8) is 0 Å². The summed E-state index contributed by atoms with van der Waals surface area (Å²) in [6.07, 6.45) is -1.46. The van der Waals surface area contributed by atoms with Crippen molar-refractivity contribution in [2.45, 2.75) is 13.0 Å². The molecule has 0 fully saturated rings. The Labute approximate surface area is 166 Å². The van der Waals surface area contributed by atoms with E-state index in [0.29, 0.717) is 17.8 Å². The Balaban J connectivity index is 1.77. The normalized spacial score (nSPS) is 11.2. The fraction of sp³-hybridized carbons (Fsp3) is 0.136. The molecule has 0 bridgehead atoms. The molecule has 2 aromatic heterocycles. The highest BCUT2D eigenvalue weighted by Gasteiger charge is 2.23. The van der Waals surface area contributed by atoms with Crippen LogP contribution in [0.15, 0.2) is 72.9 Å². The Bertz CT molecular complexity index is 1140. The lowest BCUT2D eigenvalue weighted by Gasteiger charge is -2.16. The van der Waals surface area contributed by atoms with E-state index in [4.69, 9.17) is 0 Å². The maximum atomic E-state index is 13.7. The van der Waals surface area contributed by atoms with Gasteiger partial charge in [0.15, 0.2) is 5.65 Å². The van der Waals surface area contributed by atoms with Crippen LogP contribution in [-0.4, -0.2) is 32.5 Å². The van der Waals surface area contributed by atoms with Crippen LogP contribution in [-0.2, 0) is 6.54 Å². The van der Waals surface area contributed by atoms with Crippen LogP contribution < -0.4 is 0 Å². The van der Waals surface area contributed by atoms with Gasteiger partial charge in [0.05, 0.1) is 11.9 Å². The number of carbonyl (C=O) groups is 1. The van der Waals surface area contributed by atoms with Crippen molar-refractivity contribution in [3.8, 4) is 11.3 Å². The van der Waals surface area contributed by atoms with E-state index in [2.05, 4.69) is 10.1 Å². The van der Waals surface area contributed by atoms with Gasteiger partial charge in [0.2, 0.25) is 0 Å². The molecule has 0 saturated heterocycles. The minimum atomic E-state index is -2.76. The van der Waals surface area contributed by atoms with Crippen LogP contribution in [0.5, 0.6) is 0 Å². The molecule has 4 aromatic rings. The van der Waals surface area contributed by atoms with Crippen molar-refractivity contribution in [3.05, 3.63) is 89.7 Å². The fourth-order valence-corrected chi connectivity index (χ4v) is 3.18. The van der Waals surface area contributed by atoms with Crippen LogP contribution in [0.1, 0.15) is 28.0 Å². The molecule has 0 atom stereocenters. The number of halogens is 2. The molecule has 29 heavy (non-hydrogen) atoms. The Morgan fingerprint density at radius 2 is 1.72 bits per heavy atom. The lowest BCUT2D eigenvalue weighted by atomic mass is 10.1. The number of hydrogen-bond donors (Lipinski definition) is 0. The van der Waals surface area contributed by atoms with E-state index < -0.39 is 6.43 Å². The van der Waals surface area contributed by atoms with Gasteiger partial charge in [-0.05, 0) is 11.6 Å². The number of fused-ring (bicyclic) bond motifs is 1. The largest absolute Gasteiger partial charge is 0.337 e. The third-order valence-electron chi connectivity index (χ3n) is 4.63. The Morgan fingerprint density at radius 1 is 1.07 bits per heavy atom. The average Bonchev–Trinajstić information content (AvgIpc) is 3.17. The van der Waals surface area contributed by atoms with E-state index in [1.54, 1.807) is 31.3 Å². The quantitative estimate of drug-likeness (QED) is 0.499. The summed E-state index contributed by atoms with van der Waals surface area (Å²) in [6, 6.07) is 19.8. The van der Waals surface area contributed by atoms with Crippen molar-refractivity contribution in [1.29, 1.82) is 0 Å². The summed E-state index contributed by atoms with van der Waals surface area (Å²) in [5.74, 6) is -0.332. The monoisotopic (exact) mass is 392 g/mol. The minimum absolute atomic E-state index is 0.117. The van der Waals surface area contributed by atoms with Crippen molar-refractivity contribution in [2.75, 3.05) is 7.05 Å². The Morgan fingerprint density at radius 3 is 2.38 bits per heavy atom. The SMILES string of the molecule is CN(Cc1ccccc1)C(=O)c1cnn2c(C(F)F)cc(-c3ccccc3)nc12. The lowest BCUT2D eigenvalue weighted by molar-refractivity contribution is 0.0786. The van der Waals surface area contributed by atoms with Gasteiger partial charge in [-0.3, -0.25) is 4.79 Å². The maximum Gasteiger partial charge on any atom is 0.280 e. The van der Waals surface area contributed by atoms with E-state index in [-0.39, 0.29) is 22.8 Å². The van der Waals surface area contributed by atoms with E-state index in [0.717, 1.165) is 10.1 Å². The van der Waals surface area contributed by atoms with E-state index >= 15 is 0 Å². The summed E-state index contributed by atoms with van der Waals surface area (Å²) in [5, 5.41) is 4.01. The number of nitrogens with zero attached hydrogens (tertiary/aromatic N) is 4. The van der Waals surface area contributed by atoms with Gasteiger partial charge >= 0.3 is 0 Å². The zero-order chi connectivity index (χ0) is 20.4. The topological polar surface area (TPSA) is 50.5 Å². The maximum absolute atomic E-state index is 13.7. The summed E-state index contributed by atoms with van der Waals surface area (Å²) in [7, 11) is 1.66. The molecular weight excluding hydrogens is 374 g/mol. The summed E-state index contributed by atoms with van der Waals surface area (Å²) >= 11 is 0. The van der Waals surface area contributed by atoms with Crippen molar-refractivity contribution in [1.82, 2.24) is 19.5 Å². The zero-order valence-corrected chi connectivity index (χ0v) is 15.7. The molecule has 0 radical (unpaired) electrons. The minimum Gasteiger partial charge on any atom is -0.337 e. The van der Waals surface area contributed by atoms with Gasteiger partial charge in [-0.2, -0.15) is 5.10 Å². The molecule has 0 unspecified atom stereocenters. The fourth-order valence-electron chi connectivity index (χ4n) is 3.18. The summed E-state index contributed by atoms with van der Waals surface area (Å²) in [5.41, 5.74) is 2.02. The predicted molar refractivity (Wildman–Crippen MR) is 106 cm³/mol. The molecular formula is C22H18F2N4O. The lowest BCUT2D eigenvalue weighted by Crippen LogP contribution is -2.26. The first-order valence-electron chi connectivity index (χ1n) is 9.06. The number of benzene rings is 2. The van der Waals surface area contributed by atoms with Crippen LogP contribution in [0, 0.1) is 0 Å². The third kappa shape index (κ3) is 3.71. The van der Waals surface area contributed by atoms with Gasteiger partial charge in [-0.1, -0.05) is 60.7 Å². The van der Waals surface area contributed by atoms with Crippen LogP contribution in [0.4, 0.5) is 8.78 Å². The summed E-state index contributed by atoms with van der Waals surface area (Å²) in [4.78, 5) is 19.0. The summed E-state index contributed by atoms with van der Waals surface area (Å²) in [6.45, 7) is 0.386. The van der Waals surface area contributed by atoms with E-state index in [1.807, 2.05) is 36.4 Å². The smallest absolute Gasteiger partial charge is 0.280 e. The second-order valence-corrected chi connectivity index (χ2v) is 6.67. The molecule has 7 heteroatoms. The molecule has 0 spiro atoms. The first kappa shape index (κ1) is 18.7. The third-order valence-corrected chi connectivity index (χ3v) is 4.63. The molecule has 0 N–H and O–H groups in total. The van der Waals surface area contributed by atoms with Crippen molar-refractivity contribution < 1.29 is 13.6 Å². The molecule has 146 valence electrons. The zero-order valence-electron chi connectivity index (χ0n) is 15.7. The highest BCUT2D eigenvalue weighted by molar-refractivity contribution is 5.99. The standard InChI is InChI=1S/C22H18F2N4O/c1-27(14-15-8-4-2-5-9-15)22(29)17-13-25-28-19(20(23)24)12-18(26-21(17)28)16-10-6-3-7-11-16/h2-13,20H,14H2,1H3. The summed E-state index contributed by atoms with van der Waals surface area (Å²) < 4.78 is 28.4. The Hall–Kier alpha value is -3.61. The molecule has 2 aromatic carbocycles. The van der Waals surface area contributed by atoms with Crippen LogP contribution >= 0.6 is 0 Å². The molecule has 1 amide bonds. The van der Waals surface area contributed by atoms with Gasteiger partial charge in [0, 0.05) is 19.2 Å². The molecule has 0 aliphatic heterocycles. The first-order chi connectivity index (χ1) is 14.0. The van der Waals surface area contributed by atoms with Gasteiger partial charge in [-0.15, -0.1) is 0 Å². The van der Waals surface area contributed by atoms with Crippen LogP contribution in [0.3, 0.4) is 0 Å². The first-order valence-corrected chi connectivity index (χ1v) is 9.06. The van der Waals surface area contributed by atoms with Gasteiger partial charge in [0.1, 0.15) is 11.3 Å². The van der Waals surface area contributed by atoms with Gasteiger partial charge < -0.3 is 4.90 Å². The van der Waals surface area contributed by atoms with Crippen molar-refractivity contribution in [2.24, 2.45) is 0 Å². The van der Waals surface area contributed by atoms with E-state index in [9.17, 15) is 13.6 Å². The van der Waals surface area contributed by atoms with Gasteiger partial charge in [0.25, 0.3) is 12.3 Å². The van der Waals surface area contributed by atoms with Crippen LogP contribution in [0.2, 0.25) is 0 Å². The van der Waals surface area contributed by atoms with Gasteiger partial charge in [-0.25, -0.2) is 18.3 Å². The second kappa shape index (κ2) is 7.79. The number of carbonyl (C=O) groups excluding carboxylic acids is 1. The predicted octanol–water partition coefficient (Wildman–Crippen LogP) is 4.61. The number of hydrogen-bond acceptors (Lipinski definition) is 3.